The Morgan fingerprint density at radius 3 is 3.17 bits per heavy atom. The molecule has 0 aliphatic heterocycles. The maximum absolute atomic E-state index is 10.9. The van der Waals surface area contributed by atoms with Gasteiger partial charge in [0.25, 0.3) is 0 Å². The Labute approximate surface area is 69.4 Å². The lowest BCUT2D eigenvalue weighted by Gasteiger charge is -1.95. The second-order valence-electron chi connectivity index (χ2n) is 2.10. The molecule has 0 amide bonds. The standard InChI is InChI=1S/C8H7NO3/c1-11-8(10)7-6(2-4-9)3-5-12-7/h3,5H,2H2,1H3. The molecule has 12 heavy (non-hydrogen) atoms. The van der Waals surface area contributed by atoms with E-state index in [4.69, 9.17) is 9.68 Å². The van der Waals surface area contributed by atoms with Gasteiger partial charge >= 0.3 is 5.97 Å². The van der Waals surface area contributed by atoms with Crippen molar-refractivity contribution in [3.8, 4) is 6.07 Å². The van der Waals surface area contributed by atoms with Crippen molar-refractivity contribution in [3.63, 3.8) is 0 Å². The molecule has 0 fully saturated rings. The number of esters is 1. The van der Waals surface area contributed by atoms with Crippen LogP contribution in [-0.2, 0) is 11.2 Å². The minimum atomic E-state index is -0.551. The van der Waals surface area contributed by atoms with Crippen LogP contribution in [0.2, 0.25) is 0 Å². The van der Waals surface area contributed by atoms with Crippen molar-refractivity contribution in [3.05, 3.63) is 23.7 Å². The molecule has 0 saturated heterocycles. The fourth-order valence-electron chi connectivity index (χ4n) is 0.832. The lowest BCUT2D eigenvalue weighted by molar-refractivity contribution is 0.0563. The first-order valence-electron chi connectivity index (χ1n) is 3.31. The summed E-state index contributed by atoms with van der Waals surface area (Å²) in [5.74, 6) is -0.440. The zero-order chi connectivity index (χ0) is 8.97. The van der Waals surface area contributed by atoms with Crippen LogP contribution in [0.5, 0.6) is 0 Å². The van der Waals surface area contributed by atoms with E-state index in [0.29, 0.717) is 5.56 Å². The molecule has 0 aliphatic carbocycles. The Bertz CT molecular complexity index is 321. The minimum Gasteiger partial charge on any atom is -0.463 e. The van der Waals surface area contributed by atoms with Gasteiger partial charge in [0.05, 0.1) is 25.9 Å². The van der Waals surface area contributed by atoms with Crippen molar-refractivity contribution in [1.29, 1.82) is 5.26 Å². The molecular formula is C8H7NO3. The fourth-order valence-corrected chi connectivity index (χ4v) is 0.832. The molecule has 1 heterocycles. The quantitative estimate of drug-likeness (QED) is 0.616. The smallest absolute Gasteiger partial charge is 0.374 e. The highest BCUT2D eigenvalue weighted by Gasteiger charge is 2.14. The van der Waals surface area contributed by atoms with E-state index in [9.17, 15) is 4.79 Å². The molecule has 0 radical (unpaired) electrons. The number of methoxy groups -OCH3 is 1. The first-order valence-corrected chi connectivity index (χ1v) is 3.31. The van der Waals surface area contributed by atoms with Crippen LogP contribution in [0.4, 0.5) is 0 Å². The molecule has 0 atom stereocenters. The Morgan fingerprint density at radius 1 is 1.83 bits per heavy atom. The van der Waals surface area contributed by atoms with Crippen molar-refractivity contribution in [1.82, 2.24) is 0 Å². The minimum absolute atomic E-state index is 0.110. The molecule has 1 aromatic rings. The molecular weight excluding hydrogens is 158 g/mol. The third-order valence-electron chi connectivity index (χ3n) is 1.39. The maximum atomic E-state index is 10.9. The van der Waals surface area contributed by atoms with Gasteiger partial charge in [-0.3, -0.25) is 0 Å². The van der Waals surface area contributed by atoms with Crippen LogP contribution < -0.4 is 0 Å². The topological polar surface area (TPSA) is 63.2 Å². The Balaban J connectivity index is 2.92. The molecule has 0 aromatic carbocycles. The molecule has 0 N–H and O–H groups in total. The van der Waals surface area contributed by atoms with Crippen LogP contribution in [0.15, 0.2) is 16.7 Å². The van der Waals surface area contributed by atoms with Crippen molar-refractivity contribution >= 4 is 5.97 Å². The molecule has 0 aliphatic rings. The van der Waals surface area contributed by atoms with E-state index < -0.39 is 5.97 Å². The van der Waals surface area contributed by atoms with Crippen LogP contribution >= 0.6 is 0 Å². The number of nitrogens with zero attached hydrogens (tertiary/aromatic N) is 1. The van der Waals surface area contributed by atoms with E-state index in [1.165, 1.54) is 13.4 Å². The van der Waals surface area contributed by atoms with Gasteiger partial charge in [-0.15, -0.1) is 0 Å². The third kappa shape index (κ3) is 1.45. The number of ether oxygens (including phenoxy) is 1. The first-order chi connectivity index (χ1) is 5.79. The van der Waals surface area contributed by atoms with Crippen molar-refractivity contribution < 1.29 is 13.9 Å². The molecule has 1 rings (SSSR count). The van der Waals surface area contributed by atoms with E-state index in [1.54, 1.807) is 6.07 Å². The van der Waals surface area contributed by atoms with Gasteiger partial charge in [-0.1, -0.05) is 0 Å². The summed E-state index contributed by atoms with van der Waals surface area (Å²) < 4.78 is 9.28. The van der Waals surface area contributed by atoms with Gasteiger partial charge in [-0.05, 0) is 6.07 Å². The molecule has 1 aromatic heterocycles. The maximum Gasteiger partial charge on any atom is 0.374 e. The average Bonchev–Trinajstić information content (AvgIpc) is 2.52. The van der Waals surface area contributed by atoms with E-state index in [2.05, 4.69) is 4.74 Å². The number of hydrogen-bond donors (Lipinski definition) is 0. The summed E-state index contributed by atoms with van der Waals surface area (Å²) in [4.78, 5) is 10.9. The monoisotopic (exact) mass is 165 g/mol. The number of carbonyl (C=O) groups is 1. The van der Waals surface area contributed by atoms with Crippen LogP contribution in [0.3, 0.4) is 0 Å². The van der Waals surface area contributed by atoms with Crippen molar-refractivity contribution in [2.24, 2.45) is 0 Å². The molecule has 0 unspecified atom stereocenters. The lowest BCUT2D eigenvalue weighted by atomic mass is 10.2. The Hall–Kier alpha value is -1.76. The molecule has 0 spiro atoms. The summed E-state index contributed by atoms with van der Waals surface area (Å²) in [6, 6.07) is 3.50. The number of nitriles is 1. The van der Waals surface area contributed by atoms with Gasteiger partial charge in [0.2, 0.25) is 5.76 Å². The SMILES string of the molecule is COC(=O)c1occc1CC#N. The number of hydrogen-bond acceptors (Lipinski definition) is 4. The molecule has 62 valence electrons. The van der Waals surface area contributed by atoms with Crippen LogP contribution in [-0.4, -0.2) is 13.1 Å². The number of furan rings is 1. The summed E-state index contributed by atoms with van der Waals surface area (Å²) in [7, 11) is 1.26. The predicted octanol–water partition coefficient (Wildman–Crippen LogP) is 1.13. The van der Waals surface area contributed by atoms with Gasteiger partial charge in [-0.25, -0.2) is 4.79 Å². The normalized spacial score (nSPS) is 9.00. The van der Waals surface area contributed by atoms with Gasteiger partial charge in [-0.2, -0.15) is 5.26 Å². The lowest BCUT2D eigenvalue weighted by Crippen LogP contribution is -2.02. The Kier molecular flexibility index (Phi) is 2.49. The summed E-state index contributed by atoms with van der Waals surface area (Å²) in [5, 5.41) is 8.37. The molecule has 4 heteroatoms. The van der Waals surface area contributed by atoms with Crippen LogP contribution in [0, 0.1) is 11.3 Å². The van der Waals surface area contributed by atoms with E-state index in [0.717, 1.165) is 0 Å². The summed E-state index contributed by atoms with van der Waals surface area (Å²) in [5.41, 5.74) is 0.560. The molecule has 4 nitrogen and oxygen atoms in total. The number of carbonyl (C=O) groups excluding carboxylic acids is 1. The second-order valence-corrected chi connectivity index (χ2v) is 2.10. The largest absolute Gasteiger partial charge is 0.463 e. The molecule has 0 bridgehead atoms. The first kappa shape index (κ1) is 8.34. The van der Waals surface area contributed by atoms with Gasteiger partial charge < -0.3 is 9.15 Å². The summed E-state index contributed by atoms with van der Waals surface area (Å²) in [6.07, 6.45) is 1.51. The summed E-state index contributed by atoms with van der Waals surface area (Å²) in [6.45, 7) is 0. The van der Waals surface area contributed by atoms with Crippen LogP contribution in [0.1, 0.15) is 16.1 Å². The zero-order valence-electron chi connectivity index (χ0n) is 6.53. The summed E-state index contributed by atoms with van der Waals surface area (Å²) >= 11 is 0. The highest BCUT2D eigenvalue weighted by Crippen LogP contribution is 2.11. The van der Waals surface area contributed by atoms with Gasteiger partial charge in [0, 0.05) is 5.56 Å². The molecule has 0 saturated carbocycles. The van der Waals surface area contributed by atoms with Crippen molar-refractivity contribution in [2.75, 3.05) is 7.11 Å². The second kappa shape index (κ2) is 3.58. The van der Waals surface area contributed by atoms with Gasteiger partial charge in [0.15, 0.2) is 0 Å². The average molecular weight is 165 g/mol. The predicted molar refractivity (Wildman–Crippen MR) is 39.4 cm³/mol. The van der Waals surface area contributed by atoms with Gasteiger partial charge in [0.1, 0.15) is 0 Å². The number of rotatable bonds is 2. The Morgan fingerprint density at radius 2 is 2.58 bits per heavy atom. The van der Waals surface area contributed by atoms with E-state index in [-0.39, 0.29) is 12.2 Å². The third-order valence-corrected chi connectivity index (χ3v) is 1.39. The van der Waals surface area contributed by atoms with E-state index in [1.807, 2.05) is 6.07 Å². The highest BCUT2D eigenvalue weighted by molar-refractivity contribution is 5.87. The van der Waals surface area contributed by atoms with E-state index >= 15 is 0 Å². The fraction of sp³-hybridized carbons (Fsp3) is 0.250. The van der Waals surface area contributed by atoms with Crippen LogP contribution in [0.25, 0.3) is 0 Å². The highest BCUT2D eigenvalue weighted by atomic mass is 16.5. The zero-order valence-corrected chi connectivity index (χ0v) is 6.53. The van der Waals surface area contributed by atoms with Crippen molar-refractivity contribution in [2.45, 2.75) is 6.42 Å².